The zero-order chi connectivity index (χ0) is 16.2. The normalized spacial score (nSPS) is 12.3. The van der Waals surface area contributed by atoms with Crippen LogP contribution in [0.1, 0.15) is 22.7 Å². The van der Waals surface area contributed by atoms with E-state index in [1.807, 2.05) is 36.5 Å². The summed E-state index contributed by atoms with van der Waals surface area (Å²) in [5, 5.41) is 4.14. The third kappa shape index (κ3) is 3.27. The van der Waals surface area contributed by atoms with Crippen molar-refractivity contribution in [1.82, 2.24) is 10.3 Å². The van der Waals surface area contributed by atoms with Gasteiger partial charge in [0.1, 0.15) is 6.04 Å². The molecule has 118 valence electrons. The fraction of sp³-hybridized carbons (Fsp3) is 0.211. The zero-order valence-electron chi connectivity index (χ0n) is 13.2. The van der Waals surface area contributed by atoms with E-state index in [1.54, 1.807) is 0 Å². The molecule has 0 saturated heterocycles. The number of hydrogen-bond donors (Lipinski definition) is 3. The first kappa shape index (κ1) is 15.3. The van der Waals surface area contributed by atoms with Crippen LogP contribution in [0.25, 0.3) is 10.9 Å². The van der Waals surface area contributed by atoms with Crippen molar-refractivity contribution in [2.24, 2.45) is 5.73 Å². The van der Waals surface area contributed by atoms with Crippen LogP contribution in [0.2, 0.25) is 0 Å². The smallest absolute Gasteiger partial charge is 0.241 e. The molecular formula is C19H21N3O. The lowest BCUT2D eigenvalue weighted by Gasteiger charge is -2.12. The van der Waals surface area contributed by atoms with Crippen molar-refractivity contribution in [3.63, 3.8) is 0 Å². The molecule has 3 aromatic rings. The summed E-state index contributed by atoms with van der Waals surface area (Å²) in [5.74, 6) is -0.146. The fourth-order valence-corrected chi connectivity index (χ4v) is 2.81. The molecule has 0 aliphatic carbocycles. The second kappa shape index (κ2) is 6.67. The van der Waals surface area contributed by atoms with Gasteiger partial charge in [-0.3, -0.25) is 4.79 Å². The number of carbonyl (C=O) groups is 1. The lowest BCUT2D eigenvalue weighted by Crippen LogP contribution is -2.35. The maximum absolute atomic E-state index is 12.1. The molecule has 0 radical (unpaired) electrons. The standard InChI is InChI=1S/C19H21N3O/c1-13-6-5-9-16-15(12-22-18(13)16)10-11-21-19(23)17(20)14-7-3-2-4-8-14/h2-9,12,17,22H,10-11,20H2,1H3,(H,21,23)/t17-/m1/s1. The topological polar surface area (TPSA) is 70.9 Å². The van der Waals surface area contributed by atoms with Gasteiger partial charge in [-0.1, -0.05) is 48.5 Å². The third-order valence-electron chi connectivity index (χ3n) is 4.14. The highest BCUT2D eigenvalue weighted by Gasteiger charge is 2.15. The Morgan fingerprint density at radius 2 is 1.96 bits per heavy atom. The SMILES string of the molecule is Cc1cccc2c(CCNC(=O)[C@H](N)c3ccccc3)c[nH]c12. The van der Waals surface area contributed by atoms with Crippen molar-refractivity contribution >= 4 is 16.8 Å². The van der Waals surface area contributed by atoms with Gasteiger partial charge in [0.2, 0.25) is 5.91 Å². The van der Waals surface area contributed by atoms with Crippen molar-refractivity contribution in [2.75, 3.05) is 6.54 Å². The van der Waals surface area contributed by atoms with Crippen LogP contribution in [0, 0.1) is 6.92 Å². The molecule has 2 aromatic carbocycles. The van der Waals surface area contributed by atoms with Gasteiger partial charge in [-0.15, -0.1) is 0 Å². The highest BCUT2D eigenvalue weighted by atomic mass is 16.2. The summed E-state index contributed by atoms with van der Waals surface area (Å²) in [7, 11) is 0. The van der Waals surface area contributed by atoms with Gasteiger partial charge in [0.05, 0.1) is 0 Å². The Bertz CT molecular complexity index is 808. The Hall–Kier alpha value is -2.59. The molecule has 4 N–H and O–H groups in total. The van der Waals surface area contributed by atoms with Gasteiger partial charge in [-0.05, 0) is 30.0 Å². The summed E-state index contributed by atoms with van der Waals surface area (Å²) >= 11 is 0. The quantitative estimate of drug-likeness (QED) is 0.678. The number of amides is 1. The molecule has 1 aromatic heterocycles. The Kier molecular flexibility index (Phi) is 4.44. The molecule has 0 saturated carbocycles. The number of aryl methyl sites for hydroxylation is 1. The number of H-pyrrole nitrogens is 1. The minimum absolute atomic E-state index is 0.146. The van der Waals surface area contributed by atoms with Crippen LogP contribution >= 0.6 is 0 Å². The molecule has 0 spiro atoms. The molecule has 23 heavy (non-hydrogen) atoms. The number of aromatic nitrogens is 1. The molecule has 1 heterocycles. The van der Waals surface area contributed by atoms with Crippen LogP contribution in [0.15, 0.2) is 54.7 Å². The number of carbonyl (C=O) groups excluding carboxylic acids is 1. The van der Waals surface area contributed by atoms with Gasteiger partial charge in [0.25, 0.3) is 0 Å². The lowest BCUT2D eigenvalue weighted by atomic mass is 10.1. The fourth-order valence-electron chi connectivity index (χ4n) is 2.81. The monoisotopic (exact) mass is 307 g/mol. The van der Waals surface area contributed by atoms with E-state index in [1.165, 1.54) is 16.5 Å². The number of aromatic amines is 1. The van der Waals surface area contributed by atoms with E-state index in [4.69, 9.17) is 5.73 Å². The van der Waals surface area contributed by atoms with E-state index in [0.717, 1.165) is 17.5 Å². The molecule has 4 heteroatoms. The summed E-state index contributed by atoms with van der Waals surface area (Å²) in [6.45, 7) is 2.66. The van der Waals surface area contributed by atoms with Crippen LogP contribution in [-0.4, -0.2) is 17.4 Å². The highest BCUT2D eigenvalue weighted by Crippen LogP contribution is 2.21. The molecule has 1 atom stereocenters. The van der Waals surface area contributed by atoms with E-state index in [0.29, 0.717) is 6.54 Å². The van der Waals surface area contributed by atoms with Crippen molar-refractivity contribution < 1.29 is 4.79 Å². The number of nitrogens with one attached hydrogen (secondary N) is 2. The number of para-hydroxylation sites is 1. The van der Waals surface area contributed by atoms with Crippen LogP contribution in [0.3, 0.4) is 0 Å². The van der Waals surface area contributed by atoms with E-state index in [9.17, 15) is 4.79 Å². The van der Waals surface area contributed by atoms with Crippen molar-refractivity contribution in [2.45, 2.75) is 19.4 Å². The molecule has 0 aliphatic heterocycles. The van der Waals surface area contributed by atoms with E-state index in [-0.39, 0.29) is 5.91 Å². The molecule has 0 fully saturated rings. The number of benzene rings is 2. The Morgan fingerprint density at radius 3 is 2.74 bits per heavy atom. The lowest BCUT2D eigenvalue weighted by molar-refractivity contribution is -0.122. The van der Waals surface area contributed by atoms with Gasteiger partial charge >= 0.3 is 0 Å². The minimum Gasteiger partial charge on any atom is -0.361 e. The van der Waals surface area contributed by atoms with Crippen LogP contribution in [0.5, 0.6) is 0 Å². The second-order valence-electron chi connectivity index (χ2n) is 5.74. The van der Waals surface area contributed by atoms with Gasteiger partial charge in [0.15, 0.2) is 0 Å². The zero-order valence-corrected chi connectivity index (χ0v) is 13.2. The summed E-state index contributed by atoms with van der Waals surface area (Å²) in [6.07, 6.45) is 2.79. The van der Waals surface area contributed by atoms with E-state index < -0.39 is 6.04 Å². The van der Waals surface area contributed by atoms with Crippen LogP contribution in [0.4, 0.5) is 0 Å². The predicted octanol–water partition coefficient (Wildman–Crippen LogP) is 2.84. The van der Waals surface area contributed by atoms with Gasteiger partial charge in [-0.25, -0.2) is 0 Å². The number of nitrogens with two attached hydrogens (primary N) is 1. The van der Waals surface area contributed by atoms with E-state index in [2.05, 4.69) is 35.4 Å². The molecule has 3 rings (SSSR count). The molecule has 0 bridgehead atoms. The molecular weight excluding hydrogens is 286 g/mol. The first-order valence-corrected chi connectivity index (χ1v) is 7.80. The predicted molar refractivity (Wildman–Crippen MR) is 93.1 cm³/mol. The summed E-state index contributed by atoms with van der Waals surface area (Å²) < 4.78 is 0. The Balaban J connectivity index is 1.60. The number of rotatable bonds is 5. The highest BCUT2D eigenvalue weighted by molar-refractivity contribution is 5.86. The molecule has 4 nitrogen and oxygen atoms in total. The van der Waals surface area contributed by atoms with Crippen molar-refractivity contribution in [1.29, 1.82) is 0 Å². The van der Waals surface area contributed by atoms with Gasteiger partial charge < -0.3 is 16.0 Å². The molecule has 0 unspecified atom stereocenters. The Labute approximate surface area is 135 Å². The van der Waals surface area contributed by atoms with Crippen molar-refractivity contribution in [3.8, 4) is 0 Å². The summed E-state index contributed by atoms with van der Waals surface area (Å²) in [5.41, 5.74) is 10.4. The maximum atomic E-state index is 12.1. The first-order chi connectivity index (χ1) is 11.2. The number of fused-ring (bicyclic) bond motifs is 1. The second-order valence-corrected chi connectivity index (χ2v) is 5.74. The third-order valence-corrected chi connectivity index (χ3v) is 4.14. The maximum Gasteiger partial charge on any atom is 0.241 e. The number of hydrogen-bond acceptors (Lipinski definition) is 2. The van der Waals surface area contributed by atoms with Crippen molar-refractivity contribution in [3.05, 3.63) is 71.4 Å². The summed E-state index contributed by atoms with van der Waals surface area (Å²) in [6, 6.07) is 15.0. The van der Waals surface area contributed by atoms with Crippen LogP contribution < -0.4 is 11.1 Å². The average Bonchev–Trinajstić information content (AvgIpc) is 2.99. The van der Waals surface area contributed by atoms with Gasteiger partial charge in [0, 0.05) is 23.6 Å². The van der Waals surface area contributed by atoms with Crippen LogP contribution in [-0.2, 0) is 11.2 Å². The largest absolute Gasteiger partial charge is 0.361 e. The van der Waals surface area contributed by atoms with Gasteiger partial charge in [-0.2, -0.15) is 0 Å². The Morgan fingerprint density at radius 1 is 1.17 bits per heavy atom. The molecule has 1 amide bonds. The minimum atomic E-state index is -0.624. The van der Waals surface area contributed by atoms with E-state index >= 15 is 0 Å². The average molecular weight is 307 g/mol. The molecule has 0 aliphatic rings. The first-order valence-electron chi connectivity index (χ1n) is 7.80. The summed E-state index contributed by atoms with van der Waals surface area (Å²) in [4.78, 5) is 15.5.